The van der Waals surface area contributed by atoms with E-state index in [4.69, 9.17) is 4.74 Å². The van der Waals surface area contributed by atoms with Gasteiger partial charge in [0.15, 0.2) is 0 Å². The normalized spacial score (nSPS) is 41.9. The van der Waals surface area contributed by atoms with Gasteiger partial charge in [0.1, 0.15) is 11.4 Å². The van der Waals surface area contributed by atoms with E-state index in [2.05, 4.69) is 13.5 Å². The fourth-order valence-corrected chi connectivity index (χ4v) is 3.10. The second kappa shape index (κ2) is 3.41. The molecule has 2 bridgehead atoms. The van der Waals surface area contributed by atoms with E-state index in [-0.39, 0.29) is 11.5 Å². The van der Waals surface area contributed by atoms with Crippen LogP contribution in [0.5, 0.6) is 0 Å². The summed E-state index contributed by atoms with van der Waals surface area (Å²) in [5, 5.41) is 0. The lowest BCUT2D eigenvalue weighted by molar-refractivity contribution is -0.133. The maximum absolute atomic E-state index is 11.6. The van der Waals surface area contributed by atoms with Crippen LogP contribution in [-0.2, 0) is 9.53 Å². The lowest BCUT2D eigenvalue weighted by Gasteiger charge is -2.43. The van der Waals surface area contributed by atoms with Crippen LogP contribution in [0.15, 0.2) is 12.8 Å². The molecule has 3 atom stereocenters. The first kappa shape index (κ1) is 9.75. The predicted molar refractivity (Wildman–Crippen MR) is 54.8 cm³/mol. The standard InChI is InChI=1S/C12H18O2/c1-3-14-12(2)7-9-4-5-11(13)10(6-9)8-12/h3,9-10H,1,4-8H2,2H3. The van der Waals surface area contributed by atoms with Crippen molar-refractivity contribution in [3.05, 3.63) is 12.8 Å². The monoisotopic (exact) mass is 194 g/mol. The Labute approximate surface area is 85.3 Å². The van der Waals surface area contributed by atoms with E-state index in [1.165, 1.54) is 6.26 Å². The van der Waals surface area contributed by atoms with Gasteiger partial charge < -0.3 is 4.74 Å². The first-order valence-corrected chi connectivity index (χ1v) is 5.44. The van der Waals surface area contributed by atoms with E-state index >= 15 is 0 Å². The Bertz CT molecular complexity index is 259. The fourth-order valence-electron chi connectivity index (χ4n) is 3.10. The molecule has 3 unspecified atom stereocenters. The molecule has 2 aliphatic rings. The topological polar surface area (TPSA) is 26.3 Å². The van der Waals surface area contributed by atoms with Crippen molar-refractivity contribution in [1.29, 1.82) is 0 Å². The number of ether oxygens (including phenoxy) is 1. The van der Waals surface area contributed by atoms with Gasteiger partial charge in [-0.15, -0.1) is 0 Å². The highest BCUT2D eigenvalue weighted by Gasteiger charge is 2.43. The zero-order valence-electron chi connectivity index (χ0n) is 8.79. The lowest BCUT2D eigenvalue weighted by atomic mass is 9.66. The maximum Gasteiger partial charge on any atom is 0.136 e. The molecule has 2 saturated carbocycles. The van der Waals surface area contributed by atoms with Crippen LogP contribution < -0.4 is 0 Å². The lowest BCUT2D eigenvalue weighted by Crippen LogP contribution is -2.43. The summed E-state index contributed by atoms with van der Waals surface area (Å²) in [6.07, 6.45) is 6.43. The minimum atomic E-state index is -0.134. The largest absolute Gasteiger partial charge is 0.496 e. The highest BCUT2D eigenvalue weighted by atomic mass is 16.5. The van der Waals surface area contributed by atoms with Crippen molar-refractivity contribution in [2.24, 2.45) is 11.8 Å². The van der Waals surface area contributed by atoms with Crippen LogP contribution in [0.3, 0.4) is 0 Å². The zero-order chi connectivity index (χ0) is 10.2. The highest BCUT2D eigenvalue weighted by molar-refractivity contribution is 5.82. The second-order valence-electron chi connectivity index (χ2n) is 4.95. The third kappa shape index (κ3) is 1.70. The minimum absolute atomic E-state index is 0.134. The number of hydrogen-bond acceptors (Lipinski definition) is 2. The zero-order valence-corrected chi connectivity index (χ0v) is 8.79. The molecular formula is C12H18O2. The molecule has 78 valence electrons. The number of carbonyl (C=O) groups excluding carboxylic acids is 1. The van der Waals surface area contributed by atoms with Gasteiger partial charge in [-0.3, -0.25) is 4.79 Å². The molecule has 0 N–H and O–H groups in total. The molecule has 2 heteroatoms. The summed E-state index contributed by atoms with van der Waals surface area (Å²) in [6, 6.07) is 0. The van der Waals surface area contributed by atoms with Crippen LogP contribution in [0.25, 0.3) is 0 Å². The highest BCUT2D eigenvalue weighted by Crippen LogP contribution is 2.44. The molecule has 14 heavy (non-hydrogen) atoms. The number of rotatable bonds is 2. The van der Waals surface area contributed by atoms with Gasteiger partial charge in [0, 0.05) is 12.3 Å². The van der Waals surface area contributed by atoms with Gasteiger partial charge in [-0.1, -0.05) is 6.58 Å². The van der Waals surface area contributed by atoms with E-state index in [1.807, 2.05) is 0 Å². The van der Waals surface area contributed by atoms with Crippen molar-refractivity contribution >= 4 is 5.78 Å². The van der Waals surface area contributed by atoms with E-state index in [0.717, 1.165) is 32.1 Å². The van der Waals surface area contributed by atoms with Gasteiger partial charge in [-0.2, -0.15) is 0 Å². The van der Waals surface area contributed by atoms with Crippen LogP contribution in [0.4, 0.5) is 0 Å². The number of Topliss-reactive ketones (excluding diaryl/α,β-unsaturated/α-hetero) is 1. The van der Waals surface area contributed by atoms with Crippen LogP contribution in [0.2, 0.25) is 0 Å². The molecule has 2 fully saturated rings. The fraction of sp³-hybridized carbons (Fsp3) is 0.750. The van der Waals surface area contributed by atoms with Crippen LogP contribution >= 0.6 is 0 Å². The van der Waals surface area contributed by atoms with Crippen molar-refractivity contribution in [1.82, 2.24) is 0 Å². The number of hydrogen-bond donors (Lipinski definition) is 0. The third-order valence-electron chi connectivity index (χ3n) is 3.64. The van der Waals surface area contributed by atoms with E-state index in [1.54, 1.807) is 0 Å². The average molecular weight is 194 g/mol. The molecular weight excluding hydrogens is 176 g/mol. The van der Waals surface area contributed by atoms with Gasteiger partial charge in [0.2, 0.25) is 0 Å². The smallest absolute Gasteiger partial charge is 0.136 e. The summed E-state index contributed by atoms with van der Waals surface area (Å²) >= 11 is 0. The van der Waals surface area contributed by atoms with Crippen molar-refractivity contribution in [2.45, 2.75) is 44.6 Å². The number of carbonyl (C=O) groups is 1. The van der Waals surface area contributed by atoms with Gasteiger partial charge in [-0.05, 0) is 38.5 Å². The Balaban J connectivity index is 2.11. The molecule has 2 nitrogen and oxygen atoms in total. The summed E-state index contributed by atoms with van der Waals surface area (Å²) < 4.78 is 5.57. The van der Waals surface area contributed by atoms with Crippen molar-refractivity contribution in [3.63, 3.8) is 0 Å². The molecule has 0 amide bonds. The molecule has 2 aliphatic carbocycles. The Morgan fingerprint density at radius 1 is 1.57 bits per heavy atom. The van der Waals surface area contributed by atoms with E-state index in [0.29, 0.717) is 11.7 Å². The van der Waals surface area contributed by atoms with Crippen molar-refractivity contribution in [3.8, 4) is 0 Å². The van der Waals surface area contributed by atoms with Crippen LogP contribution in [-0.4, -0.2) is 11.4 Å². The second-order valence-corrected chi connectivity index (χ2v) is 4.95. The van der Waals surface area contributed by atoms with Gasteiger partial charge >= 0.3 is 0 Å². The molecule has 0 radical (unpaired) electrons. The van der Waals surface area contributed by atoms with Gasteiger partial charge in [0.25, 0.3) is 0 Å². The summed E-state index contributed by atoms with van der Waals surface area (Å²) in [5.41, 5.74) is -0.134. The molecule has 0 aromatic carbocycles. The molecule has 2 rings (SSSR count). The summed E-state index contributed by atoms with van der Waals surface area (Å²) in [7, 11) is 0. The summed E-state index contributed by atoms with van der Waals surface area (Å²) in [5.74, 6) is 1.39. The molecule has 0 aromatic heterocycles. The number of ketones is 1. The SMILES string of the molecule is C=COC1(C)CC2CCC(=O)C(C2)C1. The van der Waals surface area contributed by atoms with Gasteiger partial charge in [-0.25, -0.2) is 0 Å². The first-order chi connectivity index (χ1) is 6.63. The molecule has 0 aliphatic heterocycles. The van der Waals surface area contributed by atoms with Crippen molar-refractivity contribution < 1.29 is 9.53 Å². The van der Waals surface area contributed by atoms with Crippen molar-refractivity contribution in [2.75, 3.05) is 0 Å². The molecule has 0 heterocycles. The predicted octanol–water partition coefficient (Wildman–Crippen LogP) is 2.68. The first-order valence-electron chi connectivity index (χ1n) is 5.44. The Hall–Kier alpha value is -0.790. The van der Waals surface area contributed by atoms with E-state index in [9.17, 15) is 4.79 Å². The molecule has 0 spiro atoms. The molecule has 0 saturated heterocycles. The quantitative estimate of drug-likeness (QED) is 0.632. The Kier molecular flexibility index (Phi) is 2.38. The minimum Gasteiger partial charge on any atom is -0.496 e. The molecule has 0 aromatic rings. The maximum atomic E-state index is 11.6. The summed E-state index contributed by atoms with van der Waals surface area (Å²) in [6.45, 7) is 5.71. The summed E-state index contributed by atoms with van der Waals surface area (Å²) in [4.78, 5) is 11.6. The Morgan fingerprint density at radius 3 is 3.07 bits per heavy atom. The number of fused-ring (bicyclic) bond motifs is 2. The van der Waals surface area contributed by atoms with Crippen LogP contribution in [0.1, 0.15) is 39.0 Å². The Morgan fingerprint density at radius 2 is 2.36 bits per heavy atom. The van der Waals surface area contributed by atoms with Gasteiger partial charge in [0.05, 0.1) is 6.26 Å². The van der Waals surface area contributed by atoms with E-state index < -0.39 is 0 Å². The average Bonchev–Trinajstić information content (AvgIpc) is 2.11. The van der Waals surface area contributed by atoms with Crippen LogP contribution in [0, 0.1) is 11.8 Å². The third-order valence-corrected chi connectivity index (χ3v) is 3.64.